The number of aromatic nitrogens is 1. The third kappa shape index (κ3) is 6.00. The number of amides is 2. The van der Waals surface area contributed by atoms with Gasteiger partial charge in [-0.25, -0.2) is 4.79 Å². The monoisotopic (exact) mass is 392 g/mol. The van der Waals surface area contributed by atoms with Gasteiger partial charge >= 0.3 is 5.97 Å². The number of fused-ring (bicyclic) bond motifs is 1. The van der Waals surface area contributed by atoms with Crippen LogP contribution >= 0.6 is 12.6 Å². The SMILES string of the molecule is N[C@@H](Cc1c[nH]c2ccccc12)C(=O)NCCCC(=O)N[C@H](CS)C(=O)O. The summed E-state index contributed by atoms with van der Waals surface area (Å²) in [6.07, 6.45) is 2.74. The largest absolute Gasteiger partial charge is 0.480 e. The van der Waals surface area contributed by atoms with Crippen molar-refractivity contribution in [2.24, 2.45) is 5.73 Å². The van der Waals surface area contributed by atoms with Gasteiger partial charge in [0.1, 0.15) is 6.04 Å². The molecule has 0 saturated heterocycles. The molecule has 2 atom stereocenters. The molecule has 0 bridgehead atoms. The van der Waals surface area contributed by atoms with Crippen molar-refractivity contribution in [1.29, 1.82) is 0 Å². The lowest BCUT2D eigenvalue weighted by Crippen LogP contribution is -2.43. The van der Waals surface area contributed by atoms with Gasteiger partial charge in [0.15, 0.2) is 0 Å². The molecule has 0 radical (unpaired) electrons. The van der Waals surface area contributed by atoms with Crippen LogP contribution in [0.5, 0.6) is 0 Å². The Bertz CT molecular complexity index is 808. The molecule has 2 amide bonds. The van der Waals surface area contributed by atoms with Crippen LogP contribution in [-0.4, -0.2) is 52.3 Å². The van der Waals surface area contributed by atoms with Crippen LogP contribution in [0.2, 0.25) is 0 Å². The number of carbonyl (C=O) groups is 3. The summed E-state index contributed by atoms with van der Waals surface area (Å²) >= 11 is 3.88. The number of nitrogens with one attached hydrogen (secondary N) is 3. The van der Waals surface area contributed by atoms with E-state index in [0.717, 1.165) is 16.5 Å². The Morgan fingerprint density at radius 2 is 2.00 bits per heavy atom. The first-order chi connectivity index (χ1) is 12.9. The second-order valence-electron chi connectivity index (χ2n) is 6.21. The topological polar surface area (TPSA) is 137 Å². The summed E-state index contributed by atoms with van der Waals surface area (Å²) in [5, 5.41) is 15.0. The number of aliphatic carboxylic acids is 1. The summed E-state index contributed by atoms with van der Waals surface area (Å²) in [4.78, 5) is 37.8. The third-order valence-corrected chi connectivity index (χ3v) is 4.51. The van der Waals surface area contributed by atoms with Crippen molar-refractivity contribution in [2.75, 3.05) is 12.3 Å². The zero-order chi connectivity index (χ0) is 19.8. The average Bonchev–Trinajstić information content (AvgIpc) is 3.05. The fourth-order valence-electron chi connectivity index (χ4n) is 2.67. The van der Waals surface area contributed by atoms with Crippen LogP contribution < -0.4 is 16.4 Å². The molecule has 0 fully saturated rings. The van der Waals surface area contributed by atoms with Gasteiger partial charge in [-0.3, -0.25) is 9.59 Å². The quantitative estimate of drug-likeness (QED) is 0.257. The molecule has 6 N–H and O–H groups in total. The van der Waals surface area contributed by atoms with Gasteiger partial charge in [0, 0.05) is 35.8 Å². The lowest BCUT2D eigenvalue weighted by molar-refractivity contribution is -0.141. The number of thiol groups is 1. The molecule has 2 rings (SSSR count). The Balaban J connectivity index is 1.72. The summed E-state index contributed by atoms with van der Waals surface area (Å²) in [5.74, 6) is -1.80. The van der Waals surface area contributed by atoms with Crippen LogP contribution in [0.4, 0.5) is 0 Å². The number of benzene rings is 1. The van der Waals surface area contributed by atoms with Crippen molar-refractivity contribution in [3.63, 3.8) is 0 Å². The predicted molar refractivity (Wildman–Crippen MR) is 106 cm³/mol. The van der Waals surface area contributed by atoms with Gasteiger partial charge in [0.2, 0.25) is 11.8 Å². The predicted octanol–water partition coefficient (Wildman–Crippen LogP) is 0.433. The number of carboxylic acid groups (broad SMARTS) is 1. The molecule has 0 unspecified atom stereocenters. The van der Waals surface area contributed by atoms with Crippen molar-refractivity contribution in [3.8, 4) is 0 Å². The Morgan fingerprint density at radius 3 is 2.70 bits per heavy atom. The molecule has 9 heteroatoms. The van der Waals surface area contributed by atoms with E-state index >= 15 is 0 Å². The highest BCUT2D eigenvalue weighted by Gasteiger charge is 2.18. The number of hydrogen-bond donors (Lipinski definition) is 6. The van der Waals surface area contributed by atoms with E-state index in [1.165, 1.54) is 0 Å². The first kappa shape index (κ1) is 20.8. The molecule has 0 spiro atoms. The highest BCUT2D eigenvalue weighted by atomic mass is 32.1. The number of aromatic amines is 1. The highest BCUT2D eigenvalue weighted by molar-refractivity contribution is 7.80. The second kappa shape index (κ2) is 9.98. The maximum Gasteiger partial charge on any atom is 0.327 e. The summed E-state index contributed by atoms with van der Waals surface area (Å²) in [6.45, 7) is 0.284. The molecule has 2 aromatic rings. The average molecular weight is 392 g/mol. The van der Waals surface area contributed by atoms with Gasteiger partial charge in [-0.2, -0.15) is 12.6 Å². The number of H-pyrrole nitrogens is 1. The smallest absolute Gasteiger partial charge is 0.327 e. The minimum absolute atomic E-state index is 0.0144. The van der Waals surface area contributed by atoms with Crippen LogP contribution in [-0.2, 0) is 20.8 Å². The van der Waals surface area contributed by atoms with Crippen LogP contribution in [0, 0.1) is 0 Å². The van der Waals surface area contributed by atoms with Crippen molar-refractivity contribution >= 4 is 41.3 Å². The first-order valence-electron chi connectivity index (χ1n) is 8.63. The van der Waals surface area contributed by atoms with Crippen LogP contribution in [0.1, 0.15) is 18.4 Å². The molecular formula is C18H24N4O4S. The Labute approximate surface area is 162 Å². The minimum atomic E-state index is -1.13. The van der Waals surface area contributed by atoms with Gasteiger partial charge in [-0.1, -0.05) is 18.2 Å². The first-order valence-corrected chi connectivity index (χ1v) is 9.27. The molecule has 1 aromatic carbocycles. The Hall–Kier alpha value is -2.52. The lowest BCUT2D eigenvalue weighted by atomic mass is 10.1. The zero-order valence-corrected chi connectivity index (χ0v) is 15.7. The maximum atomic E-state index is 12.1. The van der Waals surface area contributed by atoms with Crippen molar-refractivity contribution in [1.82, 2.24) is 15.6 Å². The van der Waals surface area contributed by atoms with Crippen LogP contribution in [0.25, 0.3) is 10.9 Å². The minimum Gasteiger partial charge on any atom is -0.480 e. The molecule has 27 heavy (non-hydrogen) atoms. The van der Waals surface area contributed by atoms with E-state index < -0.39 is 24.0 Å². The number of nitrogens with two attached hydrogens (primary N) is 1. The summed E-state index contributed by atoms with van der Waals surface area (Å²) in [5.41, 5.74) is 7.94. The fraction of sp³-hybridized carbons (Fsp3) is 0.389. The third-order valence-electron chi connectivity index (χ3n) is 4.15. The summed E-state index contributed by atoms with van der Waals surface area (Å²) in [6, 6.07) is 6.08. The zero-order valence-electron chi connectivity index (χ0n) is 14.8. The molecule has 146 valence electrons. The van der Waals surface area contributed by atoms with E-state index in [9.17, 15) is 14.4 Å². The molecule has 0 aliphatic carbocycles. The molecule has 0 aliphatic rings. The number of para-hydroxylation sites is 1. The van der Waals surface area contributed by atoms with Crippen molar-refractivity contribution in [2.45, 2.75) is 31.3 Å². The summed E-state index contributed by atoms with van der Waals surface area (Å²) in [7, 11) is 0. The van der Waals surface area contributed by atoms with Crippen molar-refractivity contribution in [3.05, 3.63) is 36.0 Å². The van der Waals surface area contributed by atoms with Gasteiger partial charge in [0.25, 0.3) is 0 Å². The standard InChI is InChI=1S/C18H24N4O4S/c19-13(8-11-9-21-14-5-2-1-4-12(11)14)17(24)20-7-3-6-16(23)22-15(10-27)18(25)26/h1-2,4-5,9,13,15,21,27H,3,6-8,10,19H2,(H,20,24)(H,22,23)(H,25,26)/t13-,15+/m0/s1. The second-order valence-corrected chi connectivity index (χ2v) is 6.57. The number of carbonyl (C=O) groups excluding carboxylic acids is 2. The van der Waals surface area contributed by atoms with Crippen LogP contribution in [0.15, 0.2) is 30.5 Å². The van der Waals surface area contributed by atoms with Gasteiger partial charge in [0.05, 0.1) is 6.04 Å². The highest BCUT2D eigenvalue weighted by Crippen LogP contribution is 2.18. The summed E-state index contributed by atoms with van der Waals surface area (Å²) < 4.78 is 0. The molecule has 0 aliphatic heterocycles. The van der Waals surface area contributed by atoms with Crippen molar-refractivity contribution < 1.29 is 19.5 Å². The number of carboxylic acids is 1. The molecule has 1 heterocycles. The van der Waals surface area contributed by atoms with Gasteiger partial charge < -0.3 is 26.5 Å². The molecular weight excluding hydrogens is 368 g/mol. The van der Waals surface area contributed by atoms with Crippen LogP contribution in [0.3, 0.4) is 0 Å². The van der Waals surface area contributed by atoms with E-state index in [4.69, 9.17) is 10.8 Å². The van der Waals surface area contributed by atoms with Gasteiger partial charge in [-0.15, -0.1) is 0 Å². The molecule has 1 aromatic heterocycles. The molecule has 8 nitrogen and oxygen atoms in total. The number of rotatable bonds is 10. The maximum absolute atomic E-state index is 12.1. The van der Waals surface area contributed by atoms with E-state index in [1.807, 2.05) is 30.5 Å². The van der Waals surface area contributed by atoms with E-state index in [0.29, 0.717) is 12.8 Å². The van der Waals surface area contributed by atoms with Gasteiger partial charge in [-0.05, 0) is 24.5 Å². The van der Waals surface area contributed by atoms with E-state index in [1.54, 1.807) is 0 Å². The fourth-order valence-corrected chi connectivity index (χ4v) is 2.92. The normalized spacial score (nSPS) is 13.1. The Morgan fingerprint density at radius 1 is 1.26 bits per heavy atom. The van der Waals surface area contributed by atoms with E-state index in [2.05, 4.69) is 28.2 Å². The number of hydrogen-bond acceptors (Lipinski definition) is 5. The Kier molecular flexibility index (Phi) is 7.68. The van der Waals surface area contributed by atoms with E-state index in [-0.39, 0.29) is 24.6 Å². The molecule has 0 saturated carbocycles. The lowest BCUT2D eigenvalue weighted by Gasteiger charge is -2.13.